The van der Waals surface area contributed by atoms with Gasteiger partial charge in [0, 0.05) is 0 Å². The summed E-state index contributed by atoms with van der Waals surface area (Å²) >= 11 is 0. The maximum atomic E-state index is 15.5. The summed E-state index contributed by atoms with van der Waals surface area (Å²) in [5.41, 5.74) is 0. The molecule has 4 aliphatic carbocycles. The number of unbranched alkanes of at least 4 members (excludes halogenated alkanes) is 2. The largest absolute Gasteiger partial charge is 0.244 e. The van der Waals surface area contributed by atoms with E-state index in [1.54, 1.807) is 0 Å². The van der Waals surface area contributed by atoms with Crippen LogP contribution in [0.3, 0.4) is 0 Å². The molecular weight excluding hydrogens is 460 g/mol. The fourth-order valence-electron chi connectivity index (χ4n) is 9.16. The summed E-state index contributed by atoms with van der Waals surface area (Å²) < 4.78 is 61.0. The van der Waals surface area contributed by atoms with E-state index in [1.807, 2.05) is 0 Å². The third kappa shape index (κ3) is 6.64. The summed E-state index contributed by atoms with van der Waals surface area (Å²) in [5, 5.41) is 0. The Labute approximate surface area is 219 Å². The second-order valence-electron chi connectivity index (χ2n) is 13.4. The average molecular weight is 515 g/mol. The lowest BCUT2D eigenvalue weighted by molar-refractivity contribution is -0.0470. The molecule has 0 aromatic heterocycles. The van der Waals surface area contributed by atoms with E-state index in [0.29, 0.717) is 5.92 Å². The lowest BCUT2D eigenvalue weighted by atomic mass is 9.61. The molecule has 4 rings (SSSR count). The molecule has 4 heteroatoms. The second-order valence-corrected chi connectivity index (χ2v) is 13.4. The molecule has 4 aliphatic rings. The van der Waals surface area contributed by atoms with Crippen LogP contribution in [0.15, 0.2) is 0 Å². The van der Waals surface area contributed by atoms with Gasteiger partial charge in [-0.15, -0.1) is 0 Å². The van der Waals surface area contributed by atoms with Crippen molar-refractivity contribution in [2.75, 3.05) is 0 Å². The van der Waals surface area contributed by atoms with E-state index in [1.165, 1.54) is 25.7 Å². The van der Waals surface area contributed by atoms with Crippen molar-refractivity contribution in [3.05, 3.63) is 0 Å². The molecule has 0 N–H and O–H groups in total. The molecule has 8 atom stereocenters. The average Bonchev–Trinajstić information content (AvgIpc) is 2.89. The Balaban J connectivity index is 1.23. The van der Waals surface area contributed by atoms with Crippen LogP contribution in [-0.4, -0.2) is 24.7 Å². The summed E-state index contributed by atoms with van der Waals surface area (Å²) in [6.45, 7) is 4.38. The smallest absolute Gasteiger partial charge is 0.134 e. The van der Waals surface area contributed by atoms with Gasteiger partial charge in [0.05, 0.1) is 0 Å². The van der Waals surface area contributed by atoms with Gasteiger partial charge in [-0.25, -0.2) is 17.6 Å². The van der Waals surface area contributed by atoms with E-state index in [0.717, 1.165) is 95.8 Å². The Morgan fingerprint density at radius 1 is 0.444 bits per heavy atom. The van der Waals surface area contributed by atoms with Gasteiger partial charge in [-0.05, 0) is 118 Å². The number of hydrogen-bond donors (Lipinski definition) is 0. The van der Waals surface area contributed by atoms with Crippen molar-refractivity contribution in [1.29, 1.82) is 0 Å². The van der Waals surface area contributed by atoms with Crippen molar-refractivity contribution in [2.24, 2.45) is 47.3 Å². The minimum absolute atomic E-state index is 0.0866. The van der Waals surface area contributed by atoms with Crippen LogP contribution in [0.25, 0.3) is 0 Å². The van der Waals surface area contributed by atoms with Gasteiger partial charge in [0.25, 0.3) is 0 Å². The summed E-state index contributed by atoms with van der Waals surface area (Å²) in [4.78, 5) is 0. The molecule has 0 spiro atoms. The Hall–Kier alpha value is -0.280. The van der Waals surface area contributed by atoms with Gasteiger partial charge in [0.2, 0.25) is 0 Å². The maximum absolute atomic E-state index is 15.5. The van der Waals surface area contributed by atoms with E-state index in [4.69, 9.17) is 0 Å². The molecule has 0 aliphatic heterocycles. The maximum Gasteiger partial charge on any atom is 0.134 e. The SMILES string of the molecule is CCCCCC1CCC(C2CCC(C3CCC(C4CCC(CCC)CC4)C(F)[C@H]3F)CC2)C(F)C1F. The lowest BCUT2D eigenvalue weighted by Crippen LogP contribution is -2.46. The van der Waals surface area contributed by atoms with E-state index >= 15 is 13.2 Å². The third-order valence-corrected chi connectivity index (χ3v) is 11.4. The summed E-state index contributed by atoms with van der Waals surface area (Å²) in [6.07, 6.45) is 12.6. The van der Waals surface area contributed by atoms with Crippen LogP contribution >= 0.6 is 0 Å². The fraction of sp³-hybridized carbons (Fsp3) is 1.00. The van der Waals surface area contributed by atoms with Crippen molar-refractivity contribution in [3.63, 3.8) is 0 Å². The summed E-state index contributed by atoms with van der Waals surface area (Å²) in [5.74, 6) is 1.08. The van der Waals surface area contributed by atoms with Crippen molar-refractivity contribution in [3.8, 4) is 0 Å². The molecule has 4 fully saturated rings. The molecule has 0 radical (unpaired) electrons. The zero-order valence-electron chi connectivity index (χ0n) is 23.2. The van der Waals surface area contributed by atoms with Crippen LogP contribution in [0, 0.1) is 47.3 Å². The highest BCUT2D eigenvalue weighted by molar-refractivity contribution is 4.97. The number of rotatable bonds is 9. The van der Waals surface area contributed by atoms with Gasteiger partial charge < -0.3 is 0 Å². The van der Waals surface area contributed by atoms with Crippen molar-refractivity contribution in [1.82, 2.24) is 0 Å². The Bertz CT molecular complexity index is 624. The topological polar surface area (TPSA) is 0 Å². The van der Waals surface area contributed by atoms with Gasteiger partial charge in [-0.3, -0.25) is 0 Å². The molecule has 7 unspecified atom stereocenters. The number of halogens is 4. The monoisotopic (exact) mass is 514 g/mol. The minimum Gasteiger partial charge on any atom is -0.244 e. The molecule has 210 valence electrons. The van der Waals surface area contributed by atoms with E-state index < -0.39 is 24.7 Å². The van der Waals surface area contributed by atoms with Gasteiger partial charge in [0.15, 0.2) is 0 Å². The number of alkyl halides is 4. The first-order chi connectivity index (χ1) is 17.4. The van der Waals surface area contributed by atoms with Crippen LogP contribution in [0.1, 0.15) is 129 Å². The molecule has 36 heavy (non-hydrogen) atoms. The second kappa shape index (κ2) is 13.7. The molecule has 0 aromatic carbocycles. The fourth-order valence-corrected chi connectivity index (χ4v) is 9.16. The zero-order chi connectivity index (χ0) is 25.7. The van der Waals surface area contributed by atoms with Crippen molar-refractivity contribution < 1.29 is 17.6 Å². The predicted molar refractivity (Wildman–Crippen MR) is 142 cm³/mol. The Morgan fingerprint density at radius 2 is 0.889 bits per heavy atom. The molecule has 0 heterocycles. The van der Waals surface area contributed by atoms with Crippen molar-refractivity contribution >= 4 is 0 Å². The zero-order valence-corrected chi connectivity index (χ0v) is 23.2. The first-order valence-electron chi connectivity index (χ1n) is 16.0. The van der Waals surface area contributed by atoms with Crippen LogP contribution in [0.4, 0.5) is 17.6 Å². The van der Waals surface area contributed by atoms with E-state index in [9.17, 15) is 4.39 Å². The van der Waals surface area contributed by atoms with Crippen LogP contribution in [0.5, 0.6) is 0 Å². The molecule has 0 nitrogen and oxygen atoms in total. The highest BCUT2D eigenvalue weighted by Gasteiger charge is 2.48. The van der Waals surface area contributed by atoms with Crippen LogP contribution in [0.2, 0.25) is 0 Å². The van der Waals surface area contributed by atoms with Gasteiger partial charge in [-0.1, -0.05) is 58.8 Å². The molecule has 0 aromatic rings. The number of hydrogen-bond acceptors (Lipinski definition) is 0. The minimum atomic E-state index is -1.33. The Kier molecular flexibility index (Phi) is 10.9. The van der Waals surface area contributed by atoms with Crippen molar-refractivity contribution in [2.45, 2.75) is 154 Å². The van der Waals surface area contributed by atoms with Gasteiger partial charge >= 0.3 is 0 Å². The molecular formula is C32H54F4. The van der Waals surface area contributed by atoms with Gasteiger partial charge in [-0.2, -0.15) is 0 Å². The standard InChI is InChI=1S/C32H54F4/c1-3-5-6-8-25-17-18-26(30(34)29(25)33)23-13-15-24(16-14-23)28-20-19-27(31(35)32(28)36)22-11-9-21(7-4-2)10-12-22/h21-32H,3-20H2,1-2H3/t21?,22?,23?,24?,25?,26?,27?,28?,29?,30?,31?,32-/m0/s1. The molecule has 0 amide bonds. The first-order valence-corrected chi connectivity index (χ1v) is 16.0. The third-order valence-electron chi connectivity index (χ3n) is 11.4. The normalized spacial score (nSPS) is 46.5. The predicted octanol–water partition coefficient (Wildman–Crippen LogP) is 10.4. The van der Waals surface area contributed by atoms with E-state index in [-0.39, 0.29) is 35.5 Å². The Morgan fingerprint density at radius 3 is 1.36 bits per heavy atom. The molecule has 4 saturated carbocycles. The highest BCUT2D eigenvalue weighted by atomic mass is 19.2. The quantitative estimate of drug-likeness (QED) is 0.212. The summed E-state index contributed by atoms with van der Waals surface area (Å²) in [7, 11) is 0. The highest BCUT2D eigenvalue weighted by Crippen LogP contribution is 2.50. The van der Waals surface area contributed by atoms with E-state index in [2.05, 4.69) is 13.8 Å². The first kappa shape index (κ1) is 28.7. The van der Waals surface area contributed by atoms with Gasteiger partial charge in [0.1, 0.15) is 24.7 Å². The molecule has 0 bridgehead atoms. The van der Waals surface area contributed by atoms with Crippen LogP contribution in [-0.2, 0) is 0 Å². The summed E-state index contributed by atoms with van der Waals surface area (Å²) in [6, 6.07) is 0. The lowest BCUT2D eigenvalue weighted by Gasteiger charge is -2.46. The molecule has 0 saturated heterocycles. The van der Waals surface area contributed by atoms with Crippen LogP contribution < -0.4 is 0 Å².